The minimum Gasteiger partial charge on any atom is -0.352 e. The molecule has 0 heterocycles. The van der Waals surface area contributed by atoms with Gasteiger partial charge in [-0.2, -0.15) is 0 Å². The molecule has 2 rings (SSSR count). The quantitative estimate of drug-likeness (QED) is 0.642. The molecule has 0 radical (unpaired) electrons. The van der Waals surface area contributed by atoms with Crippen molar-refractivity contribution in [3.05, 3.63) is 70.2 Å². The van der Waals surface area contributed by atoms with Crippen LogP contribution < -0.4 is 5.32 Å². The Bertz CT molecular complexity index is 801. The maximum Gasteiger partial charge on any atom is 0.242 e. The first-order valence-corrected chi connectivity index (χ1v) is 10.6. The van der Waals surface area contributed by atoms with Gasteiger partial charge in [0, 0.05) is 24.0 Å². The first-order chi connectivity index (χ1) is 13.8. The van der Waals surface area contributed by atoms with Gasteiger partial charge in [-0.3, -0.25) is 9.59 Å². The zero-order chi connectivity index (χ0) is 21.4. The predicted molar refractivity (Wildman–Crippen MR) is 119 cm³/mol. The second-order valence-electron chi connectivity index (χ2n) is 7.66. The smallest absolute Gasteiger partial charge is 0.242 e. The van der Waals surface area contributed by atoms with Gasteiger partial charge < -0.3 is 10.2 Å². The van der Waals surface area contributed by atoms with E-state index >= 15 is 0 Å². The summed E-state index contributed by atoms with van der Waals surface area (Å²) in [6, 6.07) is 15.2. The van der Waals surface area contributed by atoms with Gasteiger partial charge in [0.05, 0.1) is 0 Å². The number of hydrogen-bond acceptors (Lipinski definition) is 2. The van der Waals surface area contributed by atoms with E-state index in [0.29, 0.717) is 24.4 Å². The summed E-state index contributed by atoms with van der Waals surface area (Å²) in [6.45, 7) is 8.10. The molecule has 0 aromatic heterocycles. The van der Waals surface area contributed by atoms with Crippen molar-refractivity contribution in [2.24, 2.45) is 0 Å². The Balaban J connectivity index is 2.11. The lowest BCUT2D eigenvalue weighted by molar-refractivity contribution is -0.140. The molecule has 0 spiro atoms. The number of hydrogen-bond donors (Lipinski definition) is 1. The van der Waals surface area contributed by atoms with E-state index in [1.807, 2.05) is 26.0 Å². The highest BCUT2D eigenvalue weighted by Gasteiger charge is 2.26. The number of carbonyl (C=O) groups excluding carboxylic acids is 2. The molecule has 0 saturated carbocycles. The summed E-state index contributed by atoms with van der Waals surface area (Å²) in [7, 11) is 0. The topological polar surface area (TPSA) is 49.4 Å². The number of nitrogens with zero attached hydrogens (tertiary/aromatic N) is 1. The monoisotopic (exact) mass is 414 g/mol. The standard InChI is InChI=1S/C24H31ClN2O2/c1-5-19-6-8-20(9-7-19)12-15-23(28)27(18(4)24(29)26-17(2)3)16-21-10-13-22(25)14-11-21/h6-11,13-14,17-18H,5,12,15-16H2,1-4H3,(H,26,29)/t18-/m1/s1. The highest BCUT2D eigenvalue weighted by molar-refractivity contribution is 6.30. The van der Waals surface area contributed by atoms with Crippen molar-refractivity contribution in [1.82, 2.24) is 10.2 Å². The van der Waals surface area contributed by atoms with Gasteiger partial charge >= 0.3 is 0 Å². The number of rotatable bonds is 9. The molecular weight excluding hydrogens is 384 g/mol. The first-order valence-electron chi connectivity index (χ1n) is 10.2. The maximum absolute atomic E-state index is 13.1. The SMILES string of the molecule is CCc1ccc(CCC(=O)N(Cc2ccc(Cl)cc2)[C@H](C)C(=O)NC(C)C)cc1. The number of aryl methyl sites for hydroxylation is 2. The van der Waals surface area contributed by atoms with Crippen LogP contribution in [0.5, 0.6) is 0 Å². The van der Waals surface area contributed by atoms with Gasteiger partial charge in [-0.25, -0.2) is 0 Å². The summed E-state index contributed by atoms with van der Waals surface area (Å²) >= 11 is 5.98. The van der Waals surface area contributed by atoms with Crippen molar-refractivity contribution < 1.29 is 9.59 Å². The lowest BCUT2D eigenvalue weighted by Crippen LogP contribution is -2.49. The zero-order valence-corrected chi connectivity index (χ0v) is 18.5. The van der Waals surface area contributed by atoms with Crippen molar-refractivity contribution in [3.63, 3.8) is 0 Å². The molecule has 0 aliphatic rings. The van der Waals surface area contributed by atoms with Crippen LogP contribution in [-0.2, 0) is 29.0 Å². The lowest BCUT2D eigenvalue weighted by Gasteiger charge is -2.29. The van der Waals surface area contributed by atoms with Crippen molar-refractivity contribution >= 4 is 23.4 Å². The van der Waals surface area contributed by atoms with E-state index in [1.165, 1.54) is 5.56 Å². The van der Waals surface area contributed by atoms with Crippen molar-refractivity contribution in [1.29, 1.82) is 0 Å². The normalized spacial score (nSPS) is 11.9. The molecule has 0 unspecified atom stereocenters. The Labute approximate surface area is 179 Å². The molecule has 1 atom stereocenters. The van der Waals surface area contributed by atoms with Crippen LogP contribution in [-0.4, -0.2) is 28.8 Å². The highest BCUT2D eigenvalue weighted by atomic mass is 35.5. The van der Waals surface area contributed by atoms with E-state index in [1.54, 1.807) is 24.0 Å². The fourth-order valence-electron chi connectivity index (χ4n) is 3.11. The molecule has 5 heteroatoms. The lowest BCUT2D eigenvalue weighted by atomic mass is 10.0. The molecule has 156 valence electrons. The van der Waals surface area contributed by atoms with Crippen LogP contribution >= 0.6 is 11.6 Å². The third-order valence-corrected chi connectivity index (χ3v) is 5.18. The van der Waals surface area contributed by atoms with Gasteiger partial charge in [0.15, 0.2) is 0 Å². The summed E-state index contributed by atoms with van der Waals surface area (Å²) in [6.07, 6.45) is 2.01. The molecule has 1 N–H and O–H groups in total. The van der Waals surface area contributed by atoms with Crippen LogP contribution in [0.25, 0.3) is 0 Å². The first kappa shape index (κ1) is 23.0. The minimum absolute atomic E-state index is 0.0227. The second kappa shape index (κ2) is 11.0. The average Bonchev–Trinajstić information content (AvgIpc) is 2.71. The number of benzene rings is 2. The van der Waals surface area contributed by atoms with E-state index in [9.17, 15) is 9.59 Å². The maximum atomic E-state index is 13.1. The molecular formula is C24H31ClN2O2. The summed E-state index contributed by atoms with van der Waals surface area (Å²) in [5, 5.41) is 3.55. The number of nitrogens with one attached hydrogen (secondary N) is 1. The van der Waals surface area contributed by atoms with Crippen molar-refractivity contribution in [2.45, 2.75) is 65.6 Å². The number of amides is 2. The van der Waals surface area contributed by atoms with Gasteiger partial charge in [-0.15, -0.1) is 0 Å². The second-order valence-corrected chi connectivity index (χ2v) is 8.09. The van der Waals surface area contributed by atoms with Crippen molar-refractivity contribution in [2.75, 3.05) is 0 Å². The Morgan fingerprint density at radius 1 is 0.931 bits per heavy atom. The van der Waals surface area contributed by atoms with Crippen LogP contribution in [0.4, 0.5) is 0 Å². The third-order valence-electron chi connectivity index (χ3n) is 4.92. The van der Waals surface area contributed by atoms with Gasteiger partial charge in [0.1, 0.15) is 6.04 Å². The van der Waals surface area contributed by atoms with Gasteiger partial charge in [-0.05, 0) is 62.4 Å². The molecule has 0 saturated heterocycles. The Kier molecular flexibility index (Phi) is 8.71. The number of carbonyl (C=O) groups is 2. The molecule has 2 amide bonds. The average molecular weight is 415 g/mol. The van der Waals surface area contributed by atoms with E-state index in [2.05, 4.69) is 36.5 Å². The Hall–Kier alpha value is -2.33. The van der Waals surface area contributed by atoms with E-state index < -0.39 is 6.04 Å². The summed E-state index contributed by atoms with van der Waals surface area (Å²) in [4.78, 5) is 27.3. The largest absolute Gasteiger partial charge is 0.352 e. The Morgan fingerprint density at radius 2 is 1.48 bits per heavy atom. The zero-order valence-electron chi connectivity index (χ0n) is 17.7. The molecule has 2 aromatic carbocycles. The third kappa shape index (κ3) is 7.21. The molecule has 2 aromatic rings. The fourth-order valence-corrected chi connectivity index (χ4v) is 3.24. The molecule has 0 fully saturated rings. The Morgan fingerprint density at radius 3 is 2.03 bits per heavy atom. The van der Waals surface area contributed by atoms with Gasteiger partial charge in [0.25, 0.3) is 0 Å². The predicted octanol–water partition coefficient (Wildman–Crippen LogP) is 4.78. The fraction of sp³-hybridized carbons (Fsp3) is 0.417. The van der Waals surface area contributed by atoms with Crippen molar-refractivity contribution in [3.8, 4) is 0 Å². The molecule has 4 nitrogen and oxygen atoms in total. The molecule has 0 bridgehead atoms. The highest BCUT2D eigenvalue weighted by Crippen LogP contribution is 2.16. The van der Waals surface area contributed by atoms with Crippen LogP contribution in [0.3, 0.4) is 0 Å². The van der Waals surface area contributed by atoms with Gasteiger partial charge in [-0.1, -0.05) is 54.9 Å². The van der Waals surface area contributed by atoms with Gasteiger partial charge in [0.2, 0.25) is 11.8 Å². The van der Waals surface area contributed by atoms with E-state index in [4.69, 9.17) is 11.6 Å². The van der Waals surface area contributed by atoms with E-state index in [-0.39, 0.29) is 17.9 Å². The minimum atomic E-state index is -0.553. The molecule has 29 heavy (non-hydrogen) atoms. The molecule has 0 aliphatic heterocycles. The van der Waals surface area contributed by atoms with Crippen LogP contribution in [0.2, 0.25) is 5.02 Å². The van der Waals surface area contributed by atoms with E-state index in [0.717, 1.165) is 17.5 Å². The van der Waals surface area contributed by atoms with Crippen LogP contribution in [0.15, 0.2) is 48.5 Å². The molecule has 0 aliphatic carbocycles. The summed E-state index contributed by atoms with van der Waals surface area (Å²) in [5.74, 6) is -0.180. The summed E-state index contributed by atoms with van der Waals surface area (Å²) in [5.41, 5.74) is 3.35. The number of halogens is 1. The van der Waals surface area contributed by atoms with Crippen LogP contribution in [0.1, 0.15) is 50.8 Å². The van der Waals surface area contributed by atoms with Crippen LogP contribution in [0, 0.1) is 0 Å². The summed E-state index contributed by atoms with van der Waals surface area (Å²) < 4.78 is 0.